The number of sulfonamides is 1. The highest BCUT2D eigenvalue weighted by Crippen LogP contribution is 2.27. The minimum absolute atomic E-state index is 0.161. The Balaban J connectivity index is 1.52. The van der Waals surface area contributed by atoms with Crippen LogP contribution in [0.3, 0.4) is 0 Å². The number of piperazine rings is 1. The molecule has 2 aromatic heterocycles. The van der Waals surface area contributed by atoms with Crippen molar-refractivity contribution in [2.75, 3.05) is 26.2 Å². The molecule has 4 rings (SSSR count). The zero-order chi connectivity index (χ0) is 23.3. The van der Waals surface area contributed by atoms with E-state index in [1.165, 1.54) is 4.31 Å². The molecule has 32 heavy (non-hydrogen) atoms. The van der Waals surface area contributed by atoms with Crippen molar-refractivity contribution in [2.45, 2.75) is 51.0 Å². The Kier molecular flexibility index (Phi) is 5.84. The SMILES string of the molecule is CC(C)c1cc(C(=O)N2CCN(S(=O)(=O)c3cccc4nsnc34)CC2)nn1C(C)(C)C. The second-order valence-electron chi connectivity index (χ2n) is 9.28. The van der Waals surface area contributed by atoms with Crippen LogP contribution in [0.4, 0.5) is 0 Å². The summed E-state index contributed by atoms with van der Waals surface area (Å²) in [5.41, 5.74) is 2.13. The van der Waals surface area contributed by atoms with Crippen molar-refractivity contribution < 1.29 is 13.2 Å². The average molecular weight is 477 g/mol. The molecular weight excluding hydrogens is 448 g/mol. The molecular formula is C21H28N6O3S2. The second kappa shape index (κ2) is 8.20. The van der Waals surface area contributed by atoms with Gasteiger partial charge in [0, 0.05) is 31.9 Å². The molecule has 0 atom stereocenters. The third-order valence-electron chi connectivity index (χ3n) is 5.58. The van der Waals surface area contributed by atoms with Gasteiger partial charge in [-0.3, -0.25) is 9.48 Å². The van der Waals surface area contributed by atoms with Gasteiger partial charge in [-0.05, 0) is 44.9 Å². The van der Waals surface area contributed by atoms with Gasteiger partial charge < -0.3 is 4.90 Å². The van der Waals surface area contributed by atoms with Gasteiger partial charge in [0.15, 0.2) is 5.69 Å². The summed E-state index contributed by atoms with van der Waals surface area (Å²) in [7, 11) is -3.73. The van der Waals surface area contributed by atoms with Crippen LogP contribution in [0.5, 0.6) is 0 Å². The minimum atomic E-state index is -3.73. The number of nitrogens with zero attached hydrogens (tertiary/aromatic N) is 6. The first kappa shape index (κ1) is 22.8. The zero-order valence-corrected chi connectivity index (χ0v) is 20.6. The maximum atomic E-state index is 13.2. The van der Waals surface area contributed by atoms with Crippen molar-refractivity contribution in [3.05, 3.63) is 35.7 Å². The first-order valence-corrected chi connectivity index (χ1v) is 12.8. The molecule has 0 spiro atoms. The van der Waals surface area contributed by atoms with E-state index in [1.807, 2.05) is 10.7 Å². The summed E-state index contributed by atoms with van der Waals surface area (Å²) in [5, 5.41) is 4.60. The normalized spacial score (nSPS) is 16.2. The van der Waals surface area contributed by atoms with Crippen molar-refractivity contribution in [1.29, 1.82) is 0 Å². The number of carbonyl (C=O) groups is 1. The third kappa shape index (κ3) is 4.04. The largest absolute Gasteiger partial charge is 0.335 e. The number of carbonyl (C=O) groups excluding carboxylic acids is 1. The highest BCUT2D eigenvalue weighted by molar-refractivity contribution is 7.89. The number of amides is 1. The van der Waals surface area contributed by atoms with E-state index in [0.29, 0.717) is 29.8 Å². The molecule has 1 aliphatic heterocycles. The summed E-state index contributed by atoms with van der Waals surface area (Å²) in [4.78, 5) is 15.0. The van der Waals surface area contributed by atoms with Gasteiger partial charge in [-0.1, -0.05) is 19.9 Å². The number of benzene rings is 1. The van der Waals surface area contributed by atoms with Crippen molar-refractivity contribution in [2.24, 2.45) is 0 Å². The molecule has 9 nitrogen and oxygen atoms in total. The Hall–Kier alpha value is -2.37. The predicted octanol–water partition coefficient (Wildman–Crippen LogP) is 2.91. The van der Waals surface area contributed by atoms with E-state index >= 15 is 0 Å². The summed E-state index contributed by atoms with van der Waals surface area (Å²) in [5.74, 6) is 0.0610. The van der Waals surface area contributed by atoms with Gasteiger partial charge in [-0.2, -0.15) is 18.2 Å². The Morgan fingerprint density at radius 2 is 1.78 bits per heavy atom. The monoisotopic (exact) mass is 476 g/mol. The van der Waals surface area contributed by atoms with Crippen LogP contribution in [0.2, 0.25) is 0 Å². The molecule has 11 heteroatoms. The van der Waals surface area contributed by atoms with Gasteiger partial charge in [0.05, 0.1) is 17.3 Å². The molecule has 1 aromatic carbocycles. The van der Waals surface area contributed by atoms with Crippen LogP contribution in [-0.4, -0.2) is 68.2 Å². The Bertz CT molecular complexity index is 1250. The van der Waals surface area contributed by atoms with Gasteiger partial charge in [0.1, 0.15) is 15.9 Å². The van der Waals surface area contributed by atoms with Crippen molar-refractivity contribution in [1.82, 2.24) is 27.7 Å². The van der Waals surface area contributed by atoms with Gasteiger partial charge in [0.25, 0.3) is 5.91 Å². The Morgan fingerprint density at radius 3 is 2.38 bits per heavy atom. The molecule has 0 N–H and O–H groups in total. The summed E-state index contributed by atoms with van der Waals surface area (Å²) in [6.45, 7) is 11.4. The lowest BCUT2D eigenvalue weighted by Crippen LogP contribution is -2.50. The molecule has 0 aliphatic carbocycles. The van der Waals surface area contributed by atoms with Gasteiger partial charge >= 0.3 is 0 Å². The van der Waals surface area contributed by atoms with E-state index in [2.05, 4.69) is 48.5 Å². The Labute approximate surface area is 192 Å². The number of fused-ring (bicyclic) bond motifs is 1. The van der Waals surface area contributed by atoms with Gasteiger partial charge in [-0.15, -0.1) is 0 Å². The average Bonchev–Trinajstić information content (AvgIpc) is 3.40. The fourth-order valence-corrected chi connectivity index (χ4v) is 6.05. The maximum Gasteiger partial charge on any atom is 0.274 e. The van der Waals surface area contributed by atoms with E-state index in [4.69, 9.17) is 0 Å². The van der Waals surface area contributed by atoms with Gasteiger partial charge in [-0.25, -0.2) is 8.42 Å². The maximum absolute atomic E-state index is 13.2. The standard InChI is InChI=1S/C21H28N6O3S2/c1-14(2)17-13-16(22-27(17)21(3,4)5)20(28)25-9-11-26(12-10-25)32(29,30)18-8-6-7-15-19(18)24-31-23-15/h6-8,13-14H,9-12H2,1-5H3. The molecule has 1 fully saturated rings. The number of aromatic nitrogens is 4. The van der Waals surface area contributed by atoms with Crippen molar-refractivity contribution in [3.8, 4) is 0 Å². The van der Waals surface area contributed by atoms with Crippen LogP contribution in [0.15, 0.2) is 29.2 Å². The summed E-state index contributed by atoms with van der Waals surface area (Å²) < 4.78 is 38.1. The van der Waals surface area contributed by atoms with Crippen LogP contribution in [0.1, 0.15) is 56.7 Å². The minimum Gasteiger partial charge on any atom is -0.335 e. The topological polar surface area (TPSA) is 101 Å². The van der Waals surface area contributed by atoms with E-state index in [1.54, 1.807) is 23.1 Å². The molecule has 1 saturated heterocycles. The highest BCUT2D eigenvalue weighted by atomic mass is 32.2. The molecule has 3 heterocycles. The van der Waals surface area contributed by atoms with Crippen LogP contribution < -0.4 is 0 Å². The van der Waals surface area contributed by atoms with E-state index in [-0.39, 0.29) is 35.3 Å². The van der Waals surface area contributed by atoms with Crippen molar-refractivity contribution in [3.63, 3.8) is 0 Å². The molecule has 0 saturated carbocycles. The van der Waals surface area contributed by atoms with Gasteiger partial charge in [0.2, 0.25) is 10.0 Å². The smallest absolute Gasteiger partial charge is 0.274 e. The van der Waals surface area contributed by atoms with E-state index < -0.39 is 10.0 Å². The zero-order valence-electron chi connectivity index (χ0n) is 18.9. The van der Waals surface area contributed by atoms with Crippen LogP contribution in [0.25, 0.3) is 11.0 Å². The molecule has 172 valence electrons. The fourth-order valence-electron chi connectivity index (χ4n) is 3.87. The number of hydrogen-bond acceptors (Lipinski definition) is 7. The first-order valence-electron chi connectivity index (χ1n) is 10.6. The van der Waals surface area contributed by atoms with Crippen molar-refractivity contribution >= 4 is 38.7 Å². The predicted molar refractivity (Wildman–Crippen MR) is 123 cm³/mol. The summed E-state index contributed by atoms with van der Waals surface area (Å²) in [6, 6.07) is 6.84. The highest BCUT2D eigenvalue weighted by Gasteiger charge is 2.33. The Morgan fingerprint density at radius 1 is 1.09 bits per heavy atom. The van der Waals surface area contributed by atoms with Crippen LogP contribution in [-0.2, 0) is 15.6 Å². The molecule has 0 bridgehead atoms. The summed E-state index contributed by atoms with van der Waals surface area (Å²) in [6.07, 6.45) is 0. The number of hydrogen-bond donors (Lipinski definition) is 0. The molecule has 3 aromatic rings. The van der Waals surface area contributed by atoms with Crippen LogP contribution in [0, 0.1) is 0 Å². The lowest BCUT2D eigenvalue weighted by molar-refractivity contribution is 0.0690. The molecule has 1 aliphatic rings. The second-order valence-corrected chi connectivity index (χ2v) is 11.7. The molecule has 1 amide bonds. The fraction of sp³-hybridized carbons (Fsp3) is 0.524. The molecule has 0 unspecified atom stereocenters. The van der Waals surface area contributed by atoms with E-state index in [9.17, 15) is 13.2 Å². The first-order chi connectivity index (χ1) is 15.0. The summed E-state index contributed by atoms with van der Waals surface area (Å²) >= 11 is 0.994. The third-order valence-corrected chi connectivity index (χ3v) is 8.05. The lowest BCUT2D eigenvalue weighted by Gasteiger charge is -2.33. The van der Waals surface area contributed by atoms with Crippen LogP contribution >= 0.6 is 11.7 Å². The molecule has 0 radical (unpaired) electrons. The number of rotatable bonds is 4. The quantitative estimate of drug-likeness (QED) is 0.574. The lowest BCUT2D eigenvalue weighted by atomic mass is 10.1. The van der Waals surface area contributed by atoms with E-state index in [0.717, 1.165) is 17.4 Å².